The SMILES string of the molecule is N#Cc1ccc(NC(=O)c2cc3n(n2)[C@H](C(F)(F)F)C[C@@H](c2ccc(Cl)cc2)N3)cc1. The van der Waals surface area contributed by atoms with Crippen molar-refractivity contribution in [2.24, 2.45) is 0 Å². The van der Waals surface area contributed by atoms with Crippen molar-refractivity contribution in [2.75, 3.05) is 10.6 Å². The van der Waals surface area contributed by atoms with E-state index in [0.717, 1.165) is 4.68 Å². The number of hydrogen-bond donors (Lipinski definition) is 2. The van der Waals surface area contributed by atoms with Gasteiger partial charge in [-0.05, 0) is 42.0 Å². The Morgan fingerprint density at radius 2 is 1.87 bits per heavy atom. The average molecular weight is 446 g/mol. The summed E-state index contributed by atoms with van der Waals surface area (Å²) >= 11 is 5.88. The number of nitrogens with zero attached hydrogens (tertiary/aromatic N) is 3. The topological polar surface area (TPSA) is 82.7 Å². The zero-order valence-electron chi connectivity index (χ0n) is 15.8. The molecule has 0 fully saturated rings. The number of nitrogens with one attached hydrogen (secondary N) is 2. The third kappa shape index (κ3) is 4.34. The fourth-order valence-corrected chi connectivity index (χ4v) is 3.55. The average Bonchev–Trinajstić information content (AvgIpc) is 3.17. The summed E-state index contributed by atoms with van der Waals surface area (Å²) in [4.78, 5) is 12.6. The van der Waals surface area contributed by atoms with Gasteiger partial charge in [-0.2, -0.15) is 23.5 Å². The van der Waals surface area contributed by atoms with Crippen molar-refractivity contribution in [1.82, 2.24) is 9.78 Å². The molecule has 3 aromatic rings. The lowest BCUT2D eigenvalue weighted by atomic mass is 9.97. The molecule has 10 heteroatoms. The van der Waals surface area contributed by atoms with Crippen LogP contribution in [0, 0.1) is 11.3 Å². The molecule has 1 amide bonds. The molecule has 1 aromatic heterocycles. The van der Waals surface area contributed by atoms with Crippen LogP contribution in [-0.4, -0.2) is 21.9 Å². The Morgan fingerprint density at radius 1 is 1.19 bits per heavy atom. The first-order chi connectivity index (χ1) is 14.7. The van der Waals surface area contributed by atoms with Gasteiger partial charge in [0.1, 0.15) is 5.82 Å². The molecule has 0 saturated heterocycles. The van der Waals surface area contributed by atoms with Crippen molar-refractivity contribution in [3.8, 4) is 6.07 Å². The Kier molecular flexibility index (Phi) is 5.33. The zero-order valence-corrected chi connectivity index (χ0v) is 16.6. The summed E-state index contributed by atoms with van der Waals surface area (Å²) in [5.41, 5.74) is 1.31. The maximum absolute atomic E-state index is 13.8. The van der Waals surface area contributed by atoms with Gasteiger partial charge in [0, 0.05) is 23.2 Å². The van der Waals surface area contributed by atoms with E-state index in [9.17, 15) is 18.0 Å². The second-order valence-electron chi connectivity index (χ2n) is 7.04. The Morgan fingerprint density at radius 3 is 2.48 bits per heavy atom. The van der Waals surface area contributed by atoms with Crippen molar-refractivity contribution in [3.63, 3.8) is 0 Å². The van der Waals surface area contributed by atoms with Crippen LogP contribution in [0.15, 0.2) is 54.6 Å². The van der Waals surface area contributed by atoms with Gasteiger partial charge in [0.05, 0.1) is 17.7 Å². The Labute approximate surface area is 180 Å². The number of fused-ring (bicyclic) bond motifs is 1. The summed E-state index contributed by atoms with van der Waals surface area (Å²) in [5, 5.41) is 18.8. The molecule has 0 saturated carbocycles. The van der Waals surface area contributed by atoms with Gasteiger partial charge in [-0.15, -0.1) is 0 Å². The lowest BCUT2D eigenvalue weighted by molar-refractivity contribution is -0.173. The molecule has 0 bridgehead atoms. The van der Waals surface area contributed by atoms with Gasteiger partial charge in [0.15, 0.2) is 11.7 Å². The van der Waals surface area contributed by atoms with Crippen LogP contribution in [0.1, 0.15) is 40.1 Å². The minimum atomic E-state index is -4.55. The third-order valence-electron chi connectivity index (χ3n) is 4.97. The second-order valence-corrected chi connectivity index (χ2v) is 7.48. The van der Waals surface area contributed by atoms with E-state index in [2.05, 4.69) is 15.7 Å². The highest BCUT2D eigenvalue weighted by Gasteiger charge is 2.46. The summed E-state index contributed by atoms with van der Waals surface area (Å²) in [5.74, 6) is -0.559. The smallest absolute Gasteiger partial charge is 0.363 e. The van der Waals surface area contributed by atoms with E-state index in [1.54, 1.807) is 24.3 Å². The summed E-state index contributed by atoms with van der Waals surface area (Å²) < 4.78 is 42.1. The van der Waals surface area contributed by atoms with Crippen LogP contribution in [0.3, 0.4) is 0 Å². The number of halogens is 4. The monoisotopic (exact) mass is 445 g/mol. The Balaban J connectivity index is 1.62. The van der Waals surface area contributed by atoms with Crippen molar-refractivity contribution in [2.45, 2.75) is 24.7 Å². The van der Waals surface area contributed by atoms with E-state index in [-0.39, 0.29) is 17.9 Å². The van der Waals surface area contributed by atoms with Crippen LogP contribution in [0.4, 0.5) is 24.7 Å². The predicted octanol–water partition coefficient (Wildman–Crippen LogP) is 5.32. The lowest BCUT2D eigenvalue weighted by Gasteiger charge is -2.33. The third-order valence-corrected chi connectivity index (χ3v) is 5.22. The van der Waals surface area contributed by atoms with E-state index in [1.165, 1.54) is 30.3 Å². The van der Waals surface area contributed by atoms with Crippen LogP contribution in [0.5, 0.6) is 0 Å². The Hall–Kier alpha value is -3.51. The van der Waals surface area contributed by atoms with Crippen LogP contribution in [-0.2, 0) is 0 Å². The first-order valence-electron chi connectivity index (χ1n) is 9.24. The fourth-order valence-electron chi connectivity index (χ4n) is 3.42. The molecule has 4 rings (SSSR count). The Bertz CT molecular complexity index is 1150. The van der Waals surface area contributed by atoms with Gasteiger partial charge in [-0.25, -0.2) is 4.68 Å². The highest BCUT2D eigenvalue weighted by Crippen LogP contribution is 2.43. The van der Waals surface area contributed by atoms with Gasteiger partial charge in [0.2, 0.25) is 0 Å². The minimum absolute atomic E-state index is 0.0958. The van der Waals surface area contributed by atoms with Gasteiger partial charge in [-0.3, -0.25) is 4.79 Å². The molecule has 2 aromatic carbocycles. The summed E-state index contributed by atoms with van der Waals surface area (Å²) in [6, 6.07) is 13.4. The highest BCUT2D eigenvalue weighted by molar-refractivity contribution is 6.30. The van der Waals surface area contributed by atoms with Crippen LogP contribution in [0.25, 0.3) is 0 Å². The maximum atomic E-state index is 13.8. The maximum Gasteiger partial charge on any atom is 0.410 e. The number of hydrogen-bond acceptors (Lipinski definition) is 4. The number of rotatable bonds is 3. The van der Waals surface area contributed by atoms with Crippen molar-refractivity contribution < 1.29 is 18.0 Å². The van der Waals surface area contributed by atoms with Gasteiger partial charge < -0.3 is 10.6 Å². The largest absolute Gasteiger partial charge is 0.410 e. The molecule has 31 heavy (non-hydrogen) atoms. The van der Waals surface area contributed by atoms with E-state index in [1.807, 2.05) is 6.07 Å². The predicted molar refractivity (Wildman–Crippen MR) is 109 cm³/mol. The quantitative estimate of drug-likeness (QED) is 0.571. The fraction of sp³-hybridized carbons (Fsp3) is 0.190. The number of aromatic nitrogens is 2. The number of benzene rings is 2. The van der Waals surface area contributed by atoms with E-state index >= 15 is 0 Å². The lowest BCUT2D eigenvalue weighted by Crippen LogP contribution is -2.35. The molecular weight excluding hydrogens is 431 g/mol. The molecule has 2 atom stereocenters. The van der Waals surface area contributed by atoms with Crippen LogP contribution >= 0.6 is 11.6 Å². The molecule has 158 valence electrons. The molecular formula is C21H15ClF3N5O. The van der Waals surface area contributed by atoms with E-state index in [4.69, 9.17) is 16.9 Å². The zero-order chi connectivity index (χ0) is 22.2. The van der Waals surface area contributed by atoms with Gasteiger partial charge >= 0.3 is 6.18 Å². The van der Waals surface area contributed by atoms with Crippen molar-refractivity contribution in [3.05, 3.63) is 76.4 Å². The molecule has 0 unspecified atom stereocenters. The first-order valence-corrected chi connectivity index (χ1v) is 9.62. The number of carbonyl (C=O) groups is 1. The van der Waals surface area contributed by atoms with Gasteiger partial charge in [-0.1, -0.05) is 23.7 Å². The molecule has 6 nitrogen and oxygen atoms in total. The second kappa shape index (κ2) is 7.96. The normalized spacial score (nSPS) is 17.9. The molecule has 2 heterocycles. The number of anilines is 2. The highest BCUT2D eigenvalue weighted by atomic mass is 35.5. The summed E-state index contributed by atoms with van der Waals surface area (Å²) in [6.07, 6.45) is -4.83. The summed E-state index contributed by atoms with van der Waals surface area (Å²) in [7, 11) is 0. The first kappa shape index (κ1) is 20.8. The number of carbonyl (C=O) groups excluding carboxylic acids is 1. The molecule has 0 aliphatic carbocycles. The van der Waals surface area contributed by atoms with E-state index in [0.29, 0.717) is 21.8 Å². The minimum Gasteiger partial charge on any atom is -0.363 e. The van der Waals surface area contributed by atoms with Crippen LogP contribution < -0.4 is 10.6 Å². The molecule has 0 radical (unpaired) electrons. The molecule has 1 aliphatic rings. The van der Waals surface area contributed by atoms with Gasteiger partial charge in [0.25, 0.3) is 5.91 Å². The summed E-state index contributed by atoms with van der Waals surface area (Å²) in [6.45, 7) is 0. The number of nitriles is 1. The van der Waals surface area contributed by atoms with Crippen LogP contribution in [0.2, 0.25) is 5.02 Å². The van der Waals surface area contributed by atoms with Crippen molar-refractivity contribution >= 4 is 29.0 Å². The number of amides is 1. The van der Waals surface area contributed by atoms with E-state index < -0.39 is 24.2 Å². The number of alkyl halides is 3. The molecule has 2 N–H and O–H groups in total. The van der Waals surface area contributed by atoms with Crippen molar-refractivity contribution in [1.29, 1.82) is 5.26 Å². The molecule has 0 spiro atoms. The molecule has 1 aliphatic heterocycles. The standard InChI is InChI=1S/C21H15ClF3N5O/c22-14-5-3-13(4-6-14)16-9-18(21(23,24)25)30-19(28-16)10-17(29-30)20(31)27-15-7-1-12(11-26)2-8-15/h1-8,10,16,18,28H,9H2,(H,27,31)/t16-,18-/m0/s1.